The SMILES string of the molecule is CCCCC/C=C\C/C=C\CCCCCCCC[C](CCCCCC/C=C\CCCCCCCC)C(C(=O)CCCCCCCCCCCCCCC)C(=O)CCCCCCCCCCCCCCC. The molecule has 0 atom stereocenters. The zero-order valence-corrected chi connectivity index (χ0v) is 48.5. The molecule has 2 heteroatoms. The second-order valence-corrected chi connectivity index (χ2v) is 22.3. The minimum Gasteiger partial charge on any atom is -0.299 e. The molecule has 0 heterocycles. The number of hydrogen-bond donors (Lipinski definition) is 0. The van der Waals surface area contributed by atoms with Gasteiger partial charge in [0.05, 0.1) is 5.92 Å². The lowest BCUT2D eigenvalue weighted by Crippen LogP contribution is -2.30. The van der Waals surface area contributed by atoms with Crippen LogP contribution in [-0.2, 0) is 9.59 Å². The summed E-state index contributed by atoms with van der Waals surface area (Å²) in [5, 5.41) is 0. The number of carbonyl (C=O) groups is 2. The maximum Gasteiger partial charge on any atom is 0.143 e. The molecule has 0 aromatic carbocycles. The van der Waals surface area contributed by atoms with E-state index in [0.717, 1.165) is 57.8 Å². The van der Waals surface area contributed by atoms with Crippen LogP contribution in [0.3, 0.4) is 0 Å². The lowest BCUT2D eigenvalue weighted by Gasteiger charge is -2.25. The zero-order valence-electron chi connectivity index (χ0n) is 48.5. The van der Waals surface area contributed by atoms with Gasteiger partial charge >= 0.3 is 0 Å². The van der Waals surface area contributed by atoms with Crippen LogP contribution in [-0.4, -0.2) is 11.6 Å². The first-order chi connectivity index (χ1) is 34.6. The summed E-state index contributed by atoms with van der Waals surface area (Å²) >= 11 is 0. The largest absolute Gasteiger partial charge is 0.299 e. The van der Waals surface area contributed by atoms with Gasteiger partial charge in [0.1, 0.15) is 11.6 Å². The Labute approximate surface area is 441 Å². The van der Waals surface area contributed by atoms with E-state index in [2.05, 4.69) is 64.2 Å². The summed E-state index contributed by atoms with van der Waals surface area (Å²) in [5.41, 5.74) is 0. The van der Waals surface area contributed by atoms with Gasteiger partial charge in [-0.15, -0.1) is 0 Å². The fraction of sp³-hybridized carbons (Fsp3) is 0.868. The minimum atomic E-state index is -0.433. The second-order valence-electron chi connectivity index (χ2n) is 22.3. The number of carbonyl (C=O) groups excluding carboxylic acids is 2. The summed E-state index contributed by atoms with van der Waals surface area (Å²) in [6.07, 6.45) is 82.1. The average Bonchev–Trinajstić information content (AvgIpc) is 3.36. The molecular weight excluding hydrogens is 849 g/mol. The van der Waals surface area contributed by atoms with Crippen LogP contribution in [0.1, 0.15) is 374 Å². The van der Waals surface area contributed by atoms with Crippen LogP contribution in [0, 0.1) is 11.8 Å². The van der Waals surface area contributed by atoms with Crippen LogP contribution in [0.2, 0.25) is 0 Å². The van der Waals surface area contributed by atoms with Crippen molar-refractivity contribution >= 4 is 11.6 Å². The molecule has 0 rings (SSSR count). The molecule has 0 aliphatic rings. The topological polar surface area (TPSA) is 34.1 Å². The second kappa shape index (κ2) is 60.1. The van der Waals surface area contributed by atoms with Crippen LogP contribution in [0.4, 0.5) is 0 Å². The van der Waals surface area contributed by atoms with Crippen molar-refractivity contribution in [3.05, 3.63) is 42.4 Å². The summed E-state index contributed by atoms with van der Waals surface area (Å²) in [4.78, 5) is 28.6. The Morgan fingerprint density at radius 2 is 0.443 bits per heavy atom. The molecule has 2 nitrogen and oxygen atoms in total. The first-order valence-corrected chi connectivity index (χ1v) is 32.5. The van der Waals surface area contributed by atoms with Crippen LogP contribution >= 0.6 is 0 Å². The van der Waals surface area contributed by atoms with Gasteiger partial charge in [0.25, 0.3) is 0 Å². The number of allylic oxidation sites excluding steroid dienone is 6. The van der Waals surface area contributed by atoms with Crippen molar-refractivity contribution in [2.75, 3.05) is 0 Å². The zero-order chi connectivity index (χ0) is 50.7. The quantitative estimate of drug-likeness (QED) is 0.0346. The van der Waals surface area contributed by atoms with E-state index < -0.39 is 5.92 Å². The third kappa shape index (κ3) is 51.5. The van der Waals surface area contributed by atoms with E-state index in [1.807, 2.05) is 0 Å². The molecule has 0 saturated carbocycles. The molecule has 0 bridgehead atoms. The molecule has 411 valence electrons. The van der Waals surface area contributed by atoms with Gasteiger partial charge in [-0.2, -0.15) is 0 Å². The Morgan fingerprint density at radius 3 is 0.729 bits per heavy atom. The third-order valence-corrected chi connectivity index (χ3v) is 15.3. The van der Waals surface area contributed by atoms with Crippen LogP contribution in [0.15, 0.2) is 36.5 Å². The number of ketones is 2. The Hall–Kier alpha value is -1.44. The molecule has 70 heavy (non-hydrogen) atoms. The van der Waals surface area contributed by atoms with Gasteiger partial charge in [-0.3, -0.25) is 9.59 Å². The van der Waals surface area contributed by atoms with Crippen molar-refractivity contribution in [1.29, 1.82) is 0 Å². The average molecular weight is 977 g/mol. The van der Waals surface area contributed by atoms with Crippen molar-refractivity contribution in [1.82, 2.24) is 0 Å². The first kappa shape index (κ1) is 68.6. The molecular formula is C68H127O2. The van der Waals surface area contributed by atoms with Gasteiger partial charge in [-0.05, 0) is 89.4 Å². The lowest BCUT2D eigenvalue weighted by molar-refractivity contribution is -0.132. The van der Waals surface area contributed by atoms with Crippen molar-refractivity contribution in [2.24, 2.45) is 5.92 Å². The Balaban J connectivity index is 5.26. The normalized spacial score (nSPS) is 12.1. The summed E-state index contributed by atoms with van der Waals surface area (Å²) in [6, 6.07) is 0. The maximum absolute atomic E-state index is 14.3. The van der Waals surface area contributed by atoms with Gasteiger partial charge in [-0.1, -0.05) is 315 Å². The van der Waals surface area contributed by atoms with E-state index in [-0.39, 0.29) is 11.6 Å². The fourth-order valence-electron chi connectivity index (χ4n) is 10.6. The molecule has 0 spiro atoms. The Bertz CT molecular complexity index is 1070. The predicted octanol–water partition coefficient (Wildman–Crippen LogP) is 24.1. The number of hydrogen-bond acceptors (Lipinski definition) is 2. The van der Waals surface area contributed by atoms with Crippen molar-refractivity contribution in [3.63, 3.8) is 0 Å². The summed E-state index contributed by atoms with van der Waals surface area (Å²) < 4.78 is 0. The maximum atomic E-state index is 14.3. The molecule has 0 aromatic heterocycles. The highest BCUT2D eigenvalue weighted by atomic mass is 16.1. The summed E-state index contributed by atoms with van der Waals surface area (Å²) in [5.74, 6) is 1.43. The molecule has 0 fully saturated rings. The molecule has 0 aliphatic heterocycles. The van der Waals surface area contributed by atoms with Crippen molar-refractivity contribution < 1.29 is 9.59 Å². The van der Waals surface area contributed by atoms with Gasteiger partial charge in [-0.25, -0.2) is 0 Å². The molecule has 0 aromatic rings. The Morgan fingerprint density at radius 1 is 0.243 bits per heavy atom. The minimum absolute atomic E-state index is 0.272. The van der Waals surface area contributed by atoms with Crippen molar-refractivity contribution in [3.8, 4) is 0 Å². The smallest absolute Gasteiger partial charge is 0.143 e. The molecule has 0 unspecified atom stereocenters. The monoisotopic (exact) mass is 976 g/mol. The molecule has 0 aliphatic carbocycles. The Kier molecular flexibility index (Phi) is 58.9. The standard InChI is InChI=1S/C68H127O2/c1-5-9-13-17-21-25-29-33-35-36-40-42-46-50-54-58-62-65(61-57-53-49-45-41-39-34-30-26-22-18-14-10-6-2)68(66(69)63-59-55-51-47-43-37-31-27-23-19-15-11-7-3)67(70)64-60-56-52-48-44-38-32-28-24-20-16-12-8-4/h21,25,33-35,39,68H,5-20,22-24,26-32,36-38,40-64H2,1-4H3/b25-21-,35-33-,39-34-. The van der Waals surface area contributed by atoms with Crippen LogP contribution in [0.5, 0.6) is 0 Å². The van der Waals surface area contributed by atoms with Gasteiger partial charge in [0.2, 0.25) is 0 Å². The first-order valence-electron chi connectivity index (χ1n) is 32.5. The third-order valence-electron chi connectivity index (χ3n) is 15.3. The van der Waals surface area contributed by atoms with Gasteiger partial charge in [0.15, 0.2) is 0 Å². The fourth-order valence-corrected chi connectivity index (χ4v) is 10.6. The van der Waals surface area contributed by atoms with E-state index >= 15 is 0 Å². The van der Waals surface area contributed by atoms with E-state index in [0.29, 0.717) is 12.8 Å². The van der Waals surface area contributed by atoms with E-state index in [1.54, 1.807) is 0 Å². The van der Waals surface area contributed by atoms with Gasteiger partial charge < -0.3 is 0 Å². The molecule has 0 amide bonds. The van der Waals surface area contributed by atoms with E-state index in [9.17, 15) is 9.59 Å². The molecule has 1 radical (unpaired) electrons. The van der Waals surface area contributed by atoms with E-state index in [1.165, 1.54) is 282 Å². The van der Waals surface area contributed by atoms with Crippen LogP contribution in [0.25, 0.3) is 0 Å². The molecule has 0 N–H and O–H groups in total. The highest BCUT2D eigenvalue weighted by Crippen LogP contribution is 2.33. The lowest BCUT2D eigenvalue weighted by atomic mass is 9.76. The summed E-state index contributed by atoms with van der Waals surface area (Å²) in [7, 11) is 0. The predicted molar refractivity (Wildman–Crippen MR) is 316 cm³/mol. The number of rotatable bonds is 60. The van der Waals surface area contributed by atoms with Gasteiger partial charge in [0, 0.05) is 12.8 Å². The highest BCUT2D eigenvalue weighted by molar-refractivity contribution is 6.04. The summed E-state index contributed by atoms with van der Waals surface area (Å²) in [6.45, 7) is 9.16. The number of unbranched alkanes of at least 4 members (excludes halogenated alkanes) is 43. The van der Waals surface area contributed by atoms with Crippen molar-refractivity contribution in [2.45, 2.75) is 374 Å². The van der Waals surface area contributed by atoms with E-state index in [4.69, 9.17) is 0 Å². The number of Topliss-reactive ketones (excluding diaryl/α,β-unsaturated/α-hetero) is 2. The molecule has 0 saturated heterocycles. The van der Waals surface area contributed by atoms with Crippen LogP contribution < -0.4 is 0 Å². The highest BCUT2D eigenvalue weighted by Gasteiger charge is 2.33.